The second kappa shape index (κ2) is 6.74. The van der Waals surface area contributed by atoms with Gasteiger partial charge < -0.3 is 20.1 Å². The lowest BCUT2D eigenvalue weighted by molar-refractivity contribution is 0.122. The molecule has 1 aliphatic rings. The summed E-state index contributed by atoms with van der Waals surface area (Å²) in [7, 11) is 0. The molecule has 128 valence electrons. The van der Waals surface area contributed by atoms with Crippen molar-refractivity contribution in [1.29, 1.82) is 0 Å². The van der Waals surface area contributed by atoms with Crippen molar-refractivity contribution in [3.8, 4) is 5.75 Å². The van der Waals surface area contributed by atoms with Crippen molar-refractivity contribution in [1.82, 2.24) is 9.97 Å². The average molecular weight is 357 g/mol. The number of halogens is 1. The Morgan fingerprint density at radius 3 is 2.72 bits per heavy atom. The lowest BCUT2D eigenvalue weighted by Gasteiger charge is -2.29. The number of rotatable bonds is 3. The molecule has 0 bridgehead atoms. The van der Waals surface area contributed by atoms with E-state index in [9.17, 15) is 5.11 Å². The summed E-state index contributed by atoms with van der Waals surface area (Å²) < 4.78 is 5.44. The van der Waals surface area contributed by atoms with Crippen molar-refractivity contribution < 1.29 is 9.84 Å². The molecular weight excluding hydrogens is 340 g/mol. The van der Waals surface area contributed by atoms with Crippen LogP contribution in [0.2, 0.25) is 5.02 Å². The van der Waals surface area contributed by atoms with Crippen molar-refractivity contribution >= 4 is 40.0 Å². The number of aromatic hydroxyl groups is 1. The molecule has 1 fully saturated rings. The third-order valence-corrected chi connectivity index (χ3v) is 4.33. The summed E-state index contributed by atoms with van der Waals surface area (Å²) in [4.78, 5) is 11.4. The smallest absolute Gasteiger partial charge is 0.229 e. The van der Waals surface area contributed by atoms with Crippen molar-refractivity contribution in [3.63, 3.8) is 0 Å². The van der Waals surface area contributed by atoms with Gasteiger partial charge in [0.1, 0.15) is 11.6 Å². The zero-order valence-electron chi connectivity index (χ0n) is 13.4. The van der Waals surface area contributed by atoms with Crippen LogP contribution in [0.15, 0.2) is 42.5 Å². The van der Waals surface area contributed by atoms with Gasteiger partial charge in [-0.3, -0.25) is 0 Å². The van der Waals surface area contributed by atoms with E-state index >= 15 is 0 Å². The quantitative estimate of drug-likeness (QED) is 0.699. The number of nitrogens with one attached hydrogen (secondary N) is 1. The van der Waals surface area contributed by atoms with E-state index in [0.29, 0.717) is 29.9 Å². The molecule has 2 heterocycles. The number of anilines is 3. The van der Waals surface area contributed by atoms with Gasteiger partial charge in [0.25, 0.3) is 0 Å². The maximum absolute atomic E-state index is 10.0. The zero-order valence-corrected chi connectivity index (χ0v) is 14.2. The molecule has 7 heteroatoms. The number of phenolic OH excluding ortho intramolecular Hbond substituents is 1. The fraction of sp³-hybridized carbons (Fsp3) is 0.222. The highest BCUT2D eigenvalue weighted by atomic mass is 35.5. The summed E-state index contributed by atoms with van der Waals surface area (Å²) in [6.07, 6.45) is 0. The van der Waals surface area contributed by atoms with Gasteiger partial charge in [-0.2, -0.15) is 4.98 Å². The molecule has 0 spiro atoms. The highest BCUT2D eigenvalue weighted by Crippen LogP contribution is 2.31. The van der Waals surface area contributed by atoms with Crippen LogP contribution < -0.4 is 10.2 Å². The van der Waals surface area contributed by atoms with Gasteiger partial charge in [0.15, 0.2) is 0 Å². The molecular formula is C18H17ClN4O2. The molecule has 2 N–H and O–H groups in total. The van der Waals surface area contributed by atoms with Gasteiger partial charge in [0, 0.05) is 23.5 Å². The summed E-state index contributed by atoms with van der Waals surface area (Å²) >= 11 is 6.02. The van der Waals surface area contributed by atoms with Crippen LogP contribution in [0.4, 0.5) is 17.5 Å². The summed E-state index contributed by atoms with van der Waals surface area (Å²) in [6.45, 7) is 2.91. The van der Waals surface area contributed by atoms with Crippen molar-refractivity contribution in [2.24, 2.45) is 0 Å². The second-order valence-electron chi connectivity index (χ2n) is 5.77. The highest BCUT2D eigenvalue weighted by molar-refractivity contribution is 6.31. The average Bonchev–Trinajstić information content (AvgIpc) is 2.65. The number of hydrogen-bond donors (Lipinski definition) is 2. The van der Waals surface area contributed by atoms with Crippen LogP contribution in [0.25, 0.3) is 10.9 Å². The van der Waals surface area contributed by atoms with E-state index in [1.807, 2.05) is 24.3 Å². The minimum Gasteiger partial charge on any atom is -0.506 e. The van der Waals surface area contributed by atoms with Crippen LogP contribution in [0.1, 0.15) is 0 Å². The van der Waals surface area contributed by atoms with Gasteiger partial charge in [-0.05, 0) is 30.3 Å². The Morgan fingerprint density at radius 2 is 1.88 bits per heavy atom. The molecule has 6 nitrogen and oxygen atoms in total. The van der Waals surface area contributed by atoms with E-state index in [0.717, 1.165) is 29.8 Å². The predicted molar refractivity (Wildman–Crippen MR) is 99.0 cm³/mol. The molecule has 2 aromatic carbocycles. The molecule has 0 atom stereocenters. The number of phenols is 1. The fourth-order valence-electron chi connectivity index (χ4n) is 2.86. The predicted octanol–water partition coefficient (Wildman–Crippen LogP) is 3.57. The van der Waals surface area contributed by atoms with E-state index in [1.165, 1.54) is 6.07 Å². The first kappa shape index (κ1) is 15.9. The lowest BCUT2D eigenvalue weighted by Crippen LogP contribution is -2.37. The molecule has 3 aromatic rings. The monoisotopic (exact) mass is 356 g/mol. The molecule has 1 aliphatic heterocycles. The largest absolute Gasteiger partial charge is 0.506 e. The van der Waals surface area contributed by atoms with E-state index in [-0.39, 0.29) is 5.75 Å². The van der Waals surface area contributed by atoms with Crippen LogP contribution >= 0.6 is 11.6 Å². The first-order valence-electron chi connectivity index (χ1n) is 8.06. The minimum absolute atomic E-state index is 0.0917. The topological polar surface area (TPSA) is 70.5 Å². The molecule has 1 saturated heterocycles. The van der Waals surface area contributed by atoms with Crippen LogP contribution in [0.5, 0.6) is 5.75 Å². The van der Waals surface area contributed by atoms with Gasteiger partial charge in [-0.25, -0.2) is 4.98 Å². The Balaban J connectivity index is 1.77. The third kappa shape index (κ3) is 3.31. The van der Waals surface area contributed by atoms with Gasteiger partial charge in [0.2, 0.25) is 5.95 Å². The summed E-state index contributed by atoms with van der Waals surface area (Å²) in [5.74, 6) is 1.37. The molecule has 0 unspecified atom stereocenters. The third-order valence-electron chi connectivity index (χ3n) is 4.10. The van der Waals surface area contributed by atoms with Crippen molar-refractivity contribution in [2.75, 3.05) is 36.5 Å². The molecule has 0 radical (unpaired) electrons. The van der Waals surface area contributed by atoms with Crippen LogP contribution in [0, 0.1) is 0 Å². The molecule has 1 aromatic heterocycles. The Morgan fingerprint density at radius 1 is 1.08 bits per heavy atom. The fourth-order valence-corrected chi connectivity index (χ4v) is 3.03. The van der Waals surface area contributed by atoms with Crippen LogP contribution in [-0.4, -0.2) is 41.4 Å². The van der Waals surface area contributed by atoms with E-state index in [1.54, 1.807) is 12.1 Å². The standard InChI is InChI=1S/C18H17ClN4O2/c19-12-5-6-16(24)15(11-12)21-18-20-14-4-2-1-3-13(14)17(22-18)23-7-9-25-10-8-23/h1-6,11,24H,7-10H2,(H,20,21,22). The second-order valence-corrected chi connectivity index (χ2v) is 6.21. The maximum atomic E-state index is 10.0. The van der Waals surface area contributed by atoms with Crippen LogP contribution in [0.3, 0.4) is 0 Å². The number of morpholine rings is 1. The van der Waals surface area contributed by atoms with Gasteiger partial charge in [-0.1, -0.05) is 23.7 Å². The number of nitrogens with zero attached hydrogens (tertiary/aromatic N) is 3. The van der Waals surface area contributed by atoms with Crippen molar-refractivity contribution in [3.05, 3.63) is 47.5 Å². The molecule has 0 amide bonds. The number of benzene rings is 2. The normalized spacial score (nSPS) is 14.7. The van der Waals surface area contributed by atoms with Gasteiger partial charge >= 0.3 is 0 Å². The molecule has 25 heavy (non-hydrogen) atoms. The zero-order chi connectivity index (χ0) is 17.2. The number of aromatic nitrogens is 2. The minimum atomic E-state index is 0.0917. The van der Waals surface area contributed by atoms with Crippen molar-refractivity contribution in [2.45, 2.75) is 0 Å². The Bertz CT molecular complexity index is 913. The van der Waals surface area contributed by atoms with Crippen LogP contribution in [-0.2, 0) is 4.74 Å². The highest BCUT2D eigenvalue weighted by Gasteiger charge is 2.17. The van der Waals surface area contributed by atoms with Gasteiger partial charge in [-0.15, -0.1) is 0 Å². The number of para-hydroxylation sites is 1. The molecule has 0 saturated carbocycles. The maximum Gasteiger partial charge on any atom is 0.229 e. The molecule has 0 aliphatic carbocycles. The summed E-state index contributed by atoms with van der Waals surface area (Å²) in [6, 6.07) is 12.7. The molecule has 4 rings (SSSR count). The number of hydrogen-bond acceptors (Lipinski definition) is 6. The Kier molecular flexibility index (Phi) is 4.29. The SMILES string of the molecule is Oc1ccc(Cl)cc1Nc1nc(N2CCOCC2)c2ccccc2n1. The lowest BCUT2D eigenvalue weighted by atomic mass is 10.2. The first-order chi connectivity index (χ1) is 12.2. The van der Waals surface area contributed by atoms with Gasteiger partial charge in [0.05, 0.1) is 24.4 Å². The van der Waals surface area contributed by atoms with E-state index in [2.05, 4.69) is 20.2 Å². The first-order valence-corrected chi connectivity index (χ1v) is 8.43. The van der Waals surface area contributed by atoms with E-state index < -0.39 is 0 Å². The Labute approximate surface area is 150 Å². The summed E-state index contributed by atoms with van der Waals surface area (Å²) in [5.41, 5.74) is 1.30. The number of fused-ring (bicyclic) bond motifs is 1. The Hall–Kier alpha value is -2.57. The summed E-state index contributed by atoms with van der Waals surface area (Å²) in [5, 5.41) is 14.6. The number of ether oxygens (including phenoxy) is 1. The van der Waals surface area contributed by atoms with E-state index in [4.69, 9.17) is 16.3 Å².